The number of rotatable bonds is 5. The van der Waals surface area contributed by atoms with Crippen LogP contribution in [0.5, 0.6) is 0 Å². The zero-order chi connectivity index (χ0) is 17.1. The fourth-order valence-electron chi connectivity index (χ4n) is 4.36. The molecule has 2 atom stereocenters. The van der Waals surface area contributed by atoms with Gasteiger partial charge in [-0.25, -0.2) is 4.68 Å². The molecule has 2 aromatic rings. The minimum atomic E-state index is 0.154. The van der Waals surface area contributed by atoms with Gasteiger partial charge < -0.3 is 5.11 Å². The van der Waals surface area contributed by atoms with Crippen LogP contribution in [-0.2, 0) is 6.54 Å². The van der Waals surface area contributed by atoms with Gasteiger partial charge in [0.05, 0.1) is 18.7 Å². The predicted molar refractivity (Wildman–Crippen MR) is 92.6 cm³/mol. The average Bonchev–Trinajstić information content (AvgIpc) is 3.30. The molecular formula is C18H26N6O. The molecule has 134 valence electrons. The third-order valence-corrected chi connectivity index (χ3v) is 5.68. The fraction of sp³-hybridized carbons (Fsp3) is 0.667. The van der Waals surface area contributed by atoms with Crippen LogP contribution in [0.1, 0.15) is 68.4 Å². The van der Waals surface area contributed by atoms with Crippen LogP contribution in [0.25, 0.3) is 0 Å². The highest BCUT2D eigenvalue weighted by molar-refractivity contribution is 5.11. The van der Waals surface area contributed by atoms with Crippen molar-refractivity contribution < 1.29 is 5.11 Å². The molecule has 2 aromatic heterocycles. The van der Waals surface area contributed by atoms with Crippen molar-refractivity contribution in [2.24, 2.45) is 0 Å². The number of nitrogens with zero attached hydrogens (tertiary/aromatic N) is 6. The van der Waals surface area contributed by atoms with E-state index in [9.17, 15) is 5.11 Å². The van der Waals surface area contributed by atoms with E-state index in [1.54, 1.807) is 6.20 Å². The van der Waals surface area contributed by atoms with Gasteiger partial charge in [-0.3, -0.25) is 9.88 Å². The van der Waals surface area contributed by atoms with Crippen LogP contribution in [0.3, 0.4) is 0 Å². The molecule has 4 rings (SSSR count). The molecule has 0 aromatic carbocycles. The highest BCUT2D eigenvalue weighted by atomic mass is 16.3. The summed E-state index contributed by atoms with van der Waals surface area (Å²) in [6, 6.07) is 4.78. The van der Waals surface area contributed by atoms with E-state index in [4.69, 9.17) is 0 Å². The molecule has 3 heterocycles. The van der Waals surface area contributed by atoms with E-state index in [0.29, 0.717) is 6.04 Å². The molecule has 0 radical (unpaired) electrons. The van der Waals surface area contributed by atoms with E-state index in [-0.39, 0.29) is 18.7 Å². The summed E-state index contributed by atoms with van der Waals surface area (Å²) >= 11 is 0. The predicted octanol–water partition coefficient (Wildman–Crippen LogP) is 2.27. The van der Waals surface area contributed by atoms with Gasteiger partial charge in [-0.05, 0) is 47.7 Å². The first-order valence-corrected chi connectivity index (χ1v) is 9.40. The van der Waals surface area contributed by atoms with Crippen LogP contribution >= 0.6 is 0 Å². The third kappa shape index (κ3) is 3.43. The lowest BCUT2D eigenvalue weighted by Gasteiger charge is -2.30. The van der Waals surface area contributed by atoms with Crippen LogP contribution in [0.2, 0.25) is 0 Å². The molecule has 7 nitrogen and oxygen atoms in total. The Morgan fingerprint density at radius 2 is 2.00 bits per heavy atom. The maximum Gasteiger partial charge on any atom is 0.168 e. The summed E-state index contributed by atoms with van der Waals surface area (Å²) in [4.78, 5) is 6.57. The van der Waals surface area contributed by atoms with Gasteiger partial charge in [-0.15, -0.1) is 5.10 Å². The van der Waals surface area contributed by atoms with Crippen molar-refractivity contribution >= 4 is 0 Å². The monoisotopic (exact) mass is 342 g/mol. The highest BCUT2D eigenvalue weighted by Gasteiger charge is 2.38. The summed E-state index contributed by atoms with van der Waals surface area (Å²) in [5.74, 6) is 0.965. The number of pyridine rings is 1. The molecule has 7 heteroatoms. The normalized spacial score (nSPS) is 25.5. The van der Waals surface area contributed by atoms with Gasteiger partial charge in [-0.1, -0.05) is 25.3 Å². The minimum Gasteiger partial charge on any atom is -0.395 e. The Morgan fingerprint density at radius 3 is 2.76 bits per heavy atom. The van der Waals surface area contributed by atoms with Crippen LogP contribution in [0.15, 0.2) is 24.5 Å². The summed E-state index contributed by atoms with van der Waals surface area (Å²) in [7, 11) is 0. The minimum absolute atomic E-state index is 0.154. The molecule has 1 saturated heterocycles. The van der Waals surface area contributed by atoms with Crippen molar-refractivity contribution in [3.8, 4) is 0 Å². The van der Waals surface area contributed by atoms with Gasteiger partial charge in [0, 0.05) is 25.0 Å². The SMILES string of the molecule is OC[C@@H]1CC[C@H](c2nnnn2C2CCCCC2)N1Cc1cccnc1. The van der Waals surface area contributed by atoms with Gasteiger partial charge in [0.1, 0.15) is 0 Å². The number of tetrazole rings is 1. The molecule has 2 aliphatic rings. The smallest absolute Gasteiger partial charge is 0.168 e. The zero-order valence-corrected chi connectivity index (χ0v) is 14.5. The van der Waals surface area contributed by atoms with Gasteiger partial charge in [0.25, 0.3) is 0 Å². The average molecular weight is 342 g/mol. The summed E-state index contributed by atoms with van der Waals surface area (Å²) in [6.07, 6.45) is 11.8. The Labute approximate surface area is 148 Å². The molecule has 0 bridgehead atoms. The molecule has 1 saturated carbocycles. The lowest BCUT2D eigenvalue weighted by atomic mass is 9.95. The van der Waals surface area contributed by atoms with Crippen molar-refractivity contribution in [2.45, 2.75) is 69.6 Å². The van der Waals surface area contributed by atoms with Gasteiger partial charge in [-0.2, -0.15) is 0 Å². The van der Waals surface area contributed by atoms with E-state index in [1.165, 1.54) is 19.3 Å². The zero-order valence-electron chi connectivity index (χ0n) is 14.5. The Bertz CT molecular complexity index is 669. The number of aliphatic hydroxyl groups excluding tert-OH is 1. The summed E-state index contributed by atoms with van der Waals surface area (Å²) in [5, 5.41) is 22.6. The van der Waals surface area contributed by atoms with E-state index in [1.807, 2.05) is 12.3 Å². The first-order valence-electron chi connectivity index (χ1n) is 9.40. The largest absolute Gasteiger partial charge is 0.395 e. The molecule has 1 aliphatic heterocycles. The second-order valence-corrected chi connectivity index (χ2v) is 7.24. The Kier molecular flexibility index (Phi) is 5.03. The number of hydrogen-bond acceptors (Lipinski definition) is 6. The number of hydrogen-bond donors (Lipinski definition) is 1. The maximum atomic E-state index is 9.83. The van der Waals surface area contributed by atoms with Crippen molar-refractivity contribution in [3.05, 3.63) is 35.9 Å². The Balaban J connectivity index is 1.59. The standard InChI is InChI=1S/C18H26N6O/c25-13-16-8-9-17(23(16)12-14-5-4-10-19-11-14)18-20-21-22-24(18)15-6-2-1-3-7-15/h4-5,10-11,15-17,25H,1-3,6-9,12-13H2/t16-,17+/m0/s1. The summed E-state index contributed by atoms with van der Waals surface area (Å²) < 4.78 is 2.07. The lowest BCUT2D eigenvalue weighted by Crippen LogP contribution is -2.35. The van der Waals surface area contributed by atoms with Crippen molar-refractivity contribution in [1.82, 2.24) is 30.1 Å². The van der Waals surface area contributed by atoms with Crippen LogP contribution in [0.4, 0.5) is 0 Å². The first-order chi connectivity index (χ1) is 12.4. The van der Waals surface area contributed by atoms with Crippen LogP contribution < -0.4 is 0 Å². The summed E-state index contributed by atoms with van der Waals surface area (Å²) in [6.45, 7) is 0.934. The third-order valence-electron chi connectivity index (χ3n) is 5.68. The number of likely N-dealkylation sites (tertiary alicyclic amines) is 1. The second kappa shape index (κ2) is 7.58. The van der Waals surface area contributed by atoms with Gasteiger partial charge in [0.15, 0.2) is 5.82 Å². The maximum absolute atomic E-state index is 9.83. The molecule has 2 fully saturated rings. The van der Waals surface area contributed by atoms with E-state index in [0.717, 1.165) is 43.6 Å². The van der Waals surface area contributed by atoms with Gasteiger partial charge in [0.2, 0.25) is 0 Å². The highest BCUT2D eigenvalue weighted by Crippen LogP contribution is 2.38. The quantitative estimate of drug-likeness (QED) is 0.898. The molecule has 0 spiro atoms. The van der Waals surface area contributed by atoms with E-state index in [2.05, 4.69) is 36.2 Å². The molecule has 25 heavy (non-hydrogen) atoms. The molecule has 1 N–H and O–H groups in total. The summed E-state index contributed by atoms with van der Waals surface area (Å²) in [5.41, 5.74) is 1.16. The van der Waals surface area contributed by atoms with Crippen molar-refractivity contribution in [3.63, 3.8) is 0 Å². The molecule has 0 unspecified atom stereocenters. The molecule has 1 aliphatic carbocycles. The molecular weight excluding hydrogens is 316 g/mol. The Hall–Kier alpha value is -1.86. The first kappa shape index (κ1) is 16.6. The topological polar surface area (TPSA) is 80.0 Å². The number of aromatic nitrogens is 5. The fourth-order valence-corrected chi connectivity index (χ4v) is 4.36. The van der Waals surface area contributed by atoms with E-state index < -0.39 is 0 Å². The van der Waals surface area contributed by atoms with Crippen molar-refractivity contribution in [1.29, 1.82) is 0 Å². The van der Waals surface area contributed by atoms with Crippen LogP contribution in [0, 0.1) is 0 Å². The molecule has 0 amide bonds. The number of aliphatic hydroxyl groups is 1. The Morgan fingerprint density at radius 1 is 1.12 bits per heavy atom. The van der Waals surface area contributed by atoms with Crippen LogP contribution in [-0.4, -0.2) is 47.8 Å². The lowest BCUT2D eigenvalue weighted by molar-refractivity contribution is 0.115. The van der Waals surface area contributed by atoms with Crippen molar-refractivity contribution in [2.75, 3.05) is 6.61 Å². The van der Waals surface area contributed by atoms with E-state index >= 15 is 0 Å². The van der Waals surface area contributed by atoms with Gasteiger partial charge >= 0.3 is 0 Å². The second-order valence-electron chi connectivity index (χ2n) is 7.24.